The van der Waals surface area contributed by atoms with Crippen LogP contribution in [0.5, 0.6) is 5.88 Å². The van der Waals surface area contributed by atoms with Crippen molar-refractivity contribution in [3.63, 3.8) is 0 Å². The third kappa shape index (κ3) is 3.95. The van der Waals surface area contributed by atoms with E-state index in [0.717, 1.165) is 5.82 Å². The number of aromatic nitrogens is 1. The fraction of sp³-hybridized carbons (Fsp3) is 0.667. The van der Waals surface area contributed by atoms with Gasteiger partial charge in [0.2, 0.25) is 5.88 Å². The smallest absolute Gasteiger partial charge is 0.239 e. The molecule has 0 aliphatic heterocycles. The summed E-state index contributed by atoms with van der Waals surface area (Å²) in [4.78, 5) is 4.51. The number of hydrogen-bond acceptors (Lipinski definition) is 5. The summed E-state index contributed by atoms with van der Waals surface area (Å²) in [6, 6.07) is 4.29. The molecule has 0 aromatic carbocycles. The molecule has 0 saturated heterocycles. The van der Waals surface area contributed by atoms with Gasteiger partial charge in [0.25, 0.3) is 0 Å². The highest BCUT2D eigenvalue weighted by atomic mass is 32.2. The fourth-order valence-corrected chi connectivity index (χ4v) is 3.52. The zero-order valence-corrected chi connectivity index (χ0v) is 13.4. The van der Waals surface area contributed by atoms with Crippen LogP contribution in [0.3, 0.4) is 0 Å². The number of anilines is 2. The molecule has 1 saturated carbocycles. The maximum atomic E-state index is 5.90. The molecule has 1 heterocycles. The lowest BCUT2D eigenvalue weighted by Crippen LogP contribution is -2.34. The van der Waals surface area contributed by atoms with Gasteiger partial charge < -0.3 is 15.8 Å². The number of rotatable bonds is 5. The number of thioether (sulfide) groups is 1. The third-order valence-corrected chi connectivity index (χ3v) is 4.75. The Bertz CT molecular complexity index is 439. The summed E-state index contributed by atoms with van der Waals surface area (Å²) >= 11 is 1.94. The van der Waals surface area contributed by atoms with Crippen LogP contribution in [0.4, 0.5) is 11.5 Å². The van der Waals surface area contributed by atoms with Crippen LogP contribution in [0.15, 0.2) is 12.1 Å². The average molecular weight is 295 g/mol. The second-order valence-electron chi connectivity index (χ2n) is 5.57. The van der Waals surface area contributed by atoms with Gasteiger partial charge in [0, 0.05) is 11.3 Å². The first-order valence-electron chi connectivity index (χ1n) is 7.32. The number of ether oxygens (including phenoxy) is 1. The average Bonchev–Trinajstić information content (AvgIpc) is 2.42. The molecular weight excluding hydrogens is 270 g/mol. The first-order chi connectivity index (χ1) is 9.60. The summed E-state index contributed by atoms with van der Waals surface area (Å²) in [5.41, 5.74) is 6.50. The fourth-order valence-electron chi connectivity index (χ4n) is 2.58. The molecule has 3 N–H and O–H groups in total. The van der Waals surface area contributed by atoms with E-state index in [1.807, 2.05) is 37.7 Å². The highest BCUT2D eigenvalue weighted by molar-refractivity contribution is 7.99. The molecule has 0 radical (unpaired) electrons. The van der Waals surface area contributed by atoms with Gasteiger partial charge in [0.1, 0.15) is 5.82 Å². The Morgan fingerprint density at radius 1 is 1.35 bits per heavy atom. The lowest BCUT2D eigenvalue weighted by Gasteiger charge is -2.31. The Morgan fingerprint density at radius 3 is 2.80 bits per heavy atom. The molecule has 0 bridgehead atoms. The van der Waals surface area contributed by atoms with E-state index in [-0.39, 0.29) is 6.10 Å². The summed E-state index contributed by atoms with van der Waals surface area (Å²) < 4.78 is 5.65. The van der Waals surface area contributed by atoms with Crippen molar-refractivity contribution in [3.05, 3.63) is 12.1 Å². The van der Waals surface area contributed by atoms with E-state index in [9.17, 15) is 0 Å². The zero-order chi connectivity index (χ0) is 14.5. The Labute approximate surface area is 125 Å². The molecule has 1 aliphatic carbocycles. The van der Waals surface area contributed by atoms with E-state index in [1.165, 1.54) is 25.7 Å². The summed E-state index contributed by atoms with van der Waals surface area (Å²) in [5, 5.41) is 4.22. The monoisotopic (exact) mass is 295 g/mol. The zero-order valence-electron chi connectivity index (χ0n) is 12.6. The van der Waals surface area contributed by atoms with Crippen LogP contribution in [0.2, 0.25) is 0 Å². The van der Waals surface area contributed by atoms with Gasteiger partial charge in [-0.3, -0.25) is 0 Å². The maximum Gasteiger partial charge on any atom is 0.239 e. The summed E-state index contributed by atoms with van der Waals surface area (Å²) in [6.07, 6.45) is 7.38. The van der Waals surface area contributed by atoms with Gasteiger partial charge in [-0.25, -0.2) is 0 Å². The Morgan fingerprint density at radius 2 is 2.10 bits per heavy atom. The molecule has 112 valence electrons. The van der Waals surface area contributed by atoms with Gasteiger partial charge in [-0.2, -0.15) is 16.7 Å². The van der Waals surface area contributed by atoms with Crippen LogP contribution in [0.25, 0.3) is 0 Å². The number of nitrogens with two attached hydrogens (primary N) is 1. The van der Waals surface area contributed by atoms with E-state index in [1.54, 1.807) is 0 Å². The molecule has 20 heavy (non-hydrogen) atoms. The predicted molar refractivity (Wildman–Crippen MR) is 87.6 cm³/mol. The second-order valence-corrected chi connectivity index (χ2v) is 6.64. The number of nitrogens with one attached hydrogen (secondary N) is 1. The lowest BCUT2D eigenvalue weighted by atomic mass is 9.95. The van der Waals surface area contributed by atoms with E-state index in [2.05, 4.69) is 16.6 Å². The predicted octanol–water partition coefficient (Wildman–Crippen LogP) is 3.54. The van der Waals surface area contributed by atoms with E-state index < -0.39 is 0 Å². The quantitative estimate of drug-likeness (QED) is 0.870. The van der Waals surface area contributed by atoms with Crippen LogP contribution in [-0.4, -0.2) is 28.6 Å². The molecule has 0 spiro atoms. The van der Waals surface area contributed by atoms with Crippen LogP contribution in [0.1, 0.15) is 39.5 Å². The van der Waals surface area contributed by atoms with Crippen LogP contribution in [0, 0.1) is 0 Å². The summed E-state index contributed by atoms with van der Waals surface area (Å²) in [6.45, 7) is 3.96. The summed E-state index contributed by atoms with van der Waals surface area (Å²) in [7, 11) is 0. The number of hydrogen-bond donors (Lipinski definition) is 2. The van der Waals surface area contributed by atoms with Crippen molar-refractivity contribution in [2.24, 2.45) is 0 Å². The van der Waals surface area contributed by atoms with E-state index in [4.69, 9.17) is 10.5 Å². The van der Waals surface area contributed by atoms with Crippen molar-refractivity contribution < 1.29 is 4.74 Å². The minimum atomic E-state index is 0.0775. The van der Waals surface area contributed by atoms with Gasteiger partial charge in [-0.05, 0) is 45.1 Å². The highest BCUT2D eigenvalue weighted by Crippen LogP contribution is 2.30. The van der Waals surface area contributed by atoms with Gasteiger partial charge in [0.15, 0.2) is 0 Å². The lowest BCUT2D eigenvalue weighted by molar-refractivity contribution is 0.234. The standard InChI is InChI=1S/C15H25N3OS/c1-10(2)19-15-11(16)8-9-14(18-15)17-12-6-4-5-7-13(12)20-3/h8-10,12-13H,4-7,16H2,1-3H3,(H,17,18). The topological polar surface area (TPSA) is 60.2 Å². The molecule has 2 rings (SSSR count). The molecular formula is C15H25N3OS. The molecule has 2 unspecified atom stereocenters. The molecule has 5 heteroatoms. The minimum Gasteiger partial charge on any atom is -0.473 e. The van der Waals surface area contributed by atoms with Crippen LogP contribution >= 0.6 is 11.8 Å². The Hall–Kier alpha value is -1.10. The molecule has 1 aromatic heterocycles. The second kappa shape index (κ2) is 7.07. The Balaban J connectivity index is 2.08. The molecule has 2 atom stereocenters. The third-order valence-electron chi connectivity index (χ3n) is 3.58. The largest absolute Gasteiger partial charge is 0.473 e. The van der Waals surface area contributed by atoms with E-state index in [0.29, 0.717) is 22.9 Å². The van der Waals surface area contributed by atoms with Crippen molar-refractivity contribution in [1.29, 1.82) is 0 Å². The van der Waals surface area contributed by atoms with Gasteiger partial charge in [-0.15, -0.1) is 0 Å². The Kier molecular flexibility index (Phi) is 5.40. The first-order valence-corrected chi connectivity index (χ1v) is 8.61. The van der Waals surface area contributed by atoms with Gasteiger partial charge >= 0.3 is 0 Å². The van der Waals surface area contributed by atoms with Gasteiger partial charge in [-0.1, -0.05) is 12.8 Å². The molecule has 1 aliphatic rings. The molecule has 1 fully saturated rings. The number of nitrogens with zero attached hydrogens (tertiary/aromatic N) is 1. The van der Waals surface area contributed by atoms with Crippen molar-refractivity contribution in [3.8, 4) is 5.88 Å². The maximum absolute atomic E-state index is 5.90. The molecule has 1 aromatic rings. The van der Waals surface area contributed by atoms with Crippen molar-refractivity contribution in [2.75, 3.05) is 17.3 Å². The van der Waals surface area contributed by atoms with Crippen molar-refractivity contribution in [1.82, 2.24) is 4.98 Å². The van der Waals surface area contributed by atoms with Crippen molar-refractivity contribution in [2.45, 2.75) is 56.9 Å². The minimum absolute atomic E-state index is 0.0775. The molecule has 4 nitrogen and oxygen atoms in total. The SMILES string of the molecule is CSC1CCCCC1Nc1ccc(N)c(OC(C)C)n1. The number of nitrogen functional groups attached to an aromatic ring is 1. The molecule has 0 amide bonds. The summed E-state index contributed by atoms with van der Waals surface area (Å²) in [5.74, 6) is 1.39. The van der Waals surface area contributed by atoms with E-state index >= 15 is 0 Å². The van der Waals surface area contributed by atoms with Gasteiger partial charge in [0.05, 0.1) is 11.8 Å². The van der Waals surface area contributed by atoms with Crippen LogP contribution < -0.4 is 15.8 Å². The highest BCUT2D eigenvalue weighted by Gasteiger charge is 2.24. The van der Waals surface area contributed by atoms with Crippen LogP contribution in [-0.2, 0) is 0 Å². The number of pyridine rings is 1. The normalized spacial score (nSPS) is 22.8. The first kappa shape index (κ1) is 15.3. The van der Waals surface area contributed by atoms with Crippen molar-refractivity contribution >= 4 is 23.3 Å².